The summed E-state index contributed by atoms with van der Waals surface area (Å²) >= 11 is 0. The number of rotatable bonds is 3. The van der Waals surface area contributed by atoms with Crippen LogP contribution in [0.5, 0.6) is 0 Å². The van der Waals surface area contributed by atoms with Crippen LogP contribution in [0.15, 0.2) is 24.4 Å². The highest BCUT2D eigenvalue weighted by atomic mass is 16.2. The number of aromatic amines is 1. The largest absolute Gasteiger partial charge is 0.305 e. The number of nitrogens with zero attached hydrogens (tertiary/aromatic N) is 4. The summed E-state index contributed by atoms with van der Waals surface area (Å²) in [6.07, 6.45) is 1.67. The molecule has 3 aromatic heterocycles. The Morgan fingerprint density at radius 3 is 2.90 bits per heavy atom. The fourth-order valence-corrected chi connectivity index (χ4v) is 2.02. The summed E-state index contributed by atoms with van der Waals surface area (Å²) in [5.74, 6) is 0.682. The highest BCUT2D eigenvalue weighted by Gasteiger charge is 2.13. The number of pyridine rings is 1. The van der Waals surface area contributed by atoms with Crippen LogP contribution < -0.4 is 5.32 Å². The number of aryl methyl sites for hydroxylation is 1. The Morgan fingerprint density at radius 1 is 1.38 bits per heavy atom. The van der Waals surface area contributed by atoms with E-state index in [4.69, 9.17) is 0 Å². The molecule has 7 heteroatoms. The van der Waals surface area contributed by atoms with Gasteiger partial charge in [0.25, 0.3) is 5.91 Å². The second-order valence-corrected chi connectivity index (χ2v) is 5.19. The Balaban J connectivity index is 1.85. The van der Waals surface area contributed by atoms with Gasteiger partial charge in [0.1, 0.15) is 11.5 Å². The Labute approximate surface area is 121 Å². The highest BCUT2D eigenvalue weighted by Crippen LogP contribution is 2.18. The van der Waals surface area contributed by atoms with Crippen molar-refractivity contribution in [2.75, 3.05) is 5.32 Å². The molecule has 3 aromatic rings. The molecule has 2 N–H and O–H groups in total. The van der Waals surface area contributed by atoms with Gasteiger partial charge in [-0.25, -0.2) is 4.98 Å². The van der Waals surface area contributed by atoms with Crippen molar-refractivity contribution >= 4 is 22.8 Å². The van der Waals surface area contributed by atoms with Crippen molar-refractivity contribution in [1.29, 1.82) is 0 Å². The number of carbonyl (C=O) groups is 1. The molecule has 0 aliphatic rings. The zero-order chi connectivity index (χ0) is 15.0. The lowest BCUT2D eigenvalue weighted by molar-refractivity contribution is 0.102. The molecule has 7 nitrogen and oxygen atoms in total. The summed E-state index contributed by atoms with van der Waals surface area (Å²) in [5, 5.41) is 14.7. The molecule has 3 rings (SSSR count). The maximum atomic E-state index is 12.3. The number of nitrogens with one attached hydrogen (secondary N) is 2. The molecule has 0 saturated carbocycles. The summed E-state index contributed by atoms with van der Waals surface area (Å²) in [6, 6.07) is 5.35. The Bertz CT molecular complexity index is 801. The maximum Gasteiger partial charge on any atom is 0.275 e. The first-order valence-corrected chi connectivity index (χ1v) is 6.70. The van der Waals surface area contributed by atoms with Gasteiger partial charge in [-0.2, -0.15) is 10.2 Å². The minimum absolute atomic E-state index is 0.273. The third-order valence-corrected chi connectivity index (χ3v) is 3.27. The summed E-state index contributed by atoms with van der Waals surface area (Å²) < 4.78 is 1.65. The quantitative estimate of drug-likeness (QED) is 0.770. The highest BCUT2D eigenvalue weighted by molar-refractivity contribution is 6.03. The van der Waals surface area contributed by atoms with Crippen LogP contribution >= 0.6 is 0 Å². The summed E-state index contributed by atoms with van der Waals surface area (Å²) in [7, 11) is 1.80. The smallest absolute Gasteiger partial charge is 0.275 e. The summed E-state index contributed by atoms with van der Waals surface area (Å²) in [5.41, 5.74) is 1.86. The SMILES string of the molecule is CC(C)c1cc(NC(=O)c2ccc3cn[nH]c3n2)n(C)n1. The zero-order valence-electron chi connectivity index (χ0n) is 12.1. The number of fused-ring (bicyclic) bond motifs is 1. The maximum absolute atomic E-state index is 12.3. The van der Waals surface area contributed by atoms with Crippen molar-refractivity contribution < 1.29 is 4.79 Å². The van der Waals surface area contributed by atoms with Crippen molar-refractivity contribution in [1.82, 2.24) is 25.0 Å². The van der Waals surface area contributed by atoms with Gasteiger partial charge in [0.2, 0.25) is 0 Å². The van der Waals surface area contributed by atoms with E-state index in [1.807, 2.05) is 12.1 Å². The van der Waals surface area contributed by atoms with Gasteiger partial charge in [0.15, 0.2) is 5.65 Å². The number of aromatic nitrogens is 5. The number of anilines is 1. The topological polar surface area (TPSA) is 88.5 Å². The zero-order valence-corrected chi connectivity index (χ0v) is 12.1. The third-order valence-electron chi connectivity index (χ3n) is 3.27. The van der Waals surface area contributed by atoms with Crippen LogP contribution in [-0.4, -0.2) is 30.9 Å². The number of amides is 1. The first-order valence-electron chi connectivity index (χ1n) is 6.70. The molecule has 0 aliphatic carbocycles. The normalized spacial score (nSPS) is 11.2. The fourth-order valence-electron chi connectivity index (χ4n) is 2.02. The second kappa shape index (κ2) is 5.01. The van der Waals surface area contributed by atoms with E-state index in [0.29, 0.717) is 23.1 Å². The Kier molecular flexibility index (Phi) is 3.17. The molecule has 108 valence electrons. The number of hydrogen-bond acceptors (Lipinski definition) is 4. The van der Waals surface area contributed by atoms with Gasteiger partial charge in [-0.3, -0.25) is 14.6 Å². The Hall–Kier alpha value is -2.70. The second-order valence-electron chi connectivity index (χ2n) is 5.19. The van der Waals surface area contributed by atoms with Crippen LogP contribution in [-0.2, 0) is 7.05 Å². The van der Waals surface area contributed by atoms with E-state index in [1.54, 1.807) is 24.0 Å². The monoisotopic (exact) mass is 284 g/mol. The summed E-state index contributed by atoms with van der Waals surface area (Å²) in [4.78, 5) is 16.5. The van der Waals surface area contributed by atoms with Gasteiger partial charge in [-0.05, 0) is 18.1 Å². The lowest BCUT2D eigenvalue weighted by Crippen LogP contribution is -2.15. The Morgan fingerprint density at radius 2 is 2.19 bits per heavy atom. The van der Waals surface area contributed by atoms with Crippen molar-refractivity contribution in [2.24, 2.45) is 7.05 Å². The summed E-state index contributed by atoms with van der Waals surface area (Å²) in [6.45, 7) is 4.11. The van der Waals surface area contributed by atoms with E-state index >= 15 is 0 Å². The van der Waals surface area contributed by atoms with Crippen LogP contribution in [0.25, 0.3) is 11.0 Å². The molecule has 0 aromatic carbocycles. The average molecular weight is 284 g/mol. The van der Waals surface area contributed by atoms with Crippen LogP contribution in [0.4, 0.5) is 5.82 Å². The minimum atomic E-state index is -0.273. The molecular weight excluding hydrogens is 268 g/mol. The average Bonchev–Trinajstić information content (AvgIpc) is 3.05. The predicted molar refractivity (Wildman–Crippen MR) is 79.1 cm³/mol. The number of H-pyrrole nitrogens is 1. The van der Waals surface area contributed by atoms with Crippen molar-refractivity contribution in [3.63, 3.8) is 0 Å². The van der Waals surface area contributed by atoms with Crippen LogP contribution in [0.1, 0.15) is 35.9 Å². The van der Waals surface area contributed by atoms with Gasteiger partial charge in [0, 0.05) is 18.5 Å². The molecular formula is C14H16N6O. The van der Waals surface area contributed by atoms with E-state index in [2.05, 4.69) is 39.4 Å². The molecule has 0 bridgehead atoms. The molecule has 0 spiro atoms. The first kappa shape index (κ1) is 13.3. The van der Waals surface area contributed by atoms with Crippen LogP contribution in [0.3, 0.4) is 0 Å². The molecule has 0 atom stereocenters. The molecule has 0 unspecified atom stereocenters. The van der Waals surface area contributed by atoms with E-state index in [0.717, 1.165) is 11.1 Å². The van der Waals surface area contributed by atoms with Gasteiger partial charge < -0.3 is 5.32 Å². The van der Waals surface area contributed by atoms with Crippen LogP contribution in [0, 0.1) is 0 Å². The fraction of sp³-hybridized carbons (Fsp3) is 0.286. The van der Waals surface area contributed by atoms with Crippen molar-refractivity contribution in [2.45, 2.75) is 19.8 Å². The van der Waals surface area contributed by atoms with E-state index in [1.165, 1.54) is 0 Å². The van der Waals surface area contributed by atoms with Gasteiger partial charge >= 0.3 is 0 Å². The predicted octanol–water partition coefficient (Wildman–Crippen LogP) is 2.07. The number of hydrogen-bond donors (Lipinski definition) is 2. The molecule has 0 aliphatic heterocycles. The minimum Gasteiger partial charge on any atom is -0.305 e. The lowest BCUT2D eigenvalue weighted by Gasteiger charge is -2.04. The standard InChI is InChI=1S/C14H16N6O/c1-8(2)11-6-12(20(3)19-11)17-14(21)10-5-4-9-7-15-18-13(9)16-10/h4-8H,1-3H3,(H,17,21)(H,15,16,18). The molecule has 1 amide bonds. The lowest BCUT2D eigenvalue weighted by atomic mass is 10.1. The van der Waals surface area contributed by atoms with Gasteiger partial charge in [0.05, 0.1) is 11.9 Å². The van der Waals surface area contributed by atoms with Crippen molar-refractivity contribution in [3.8, 4) is 0 Å². The molecule has 0 radical (unpaired) electrons. The van der Waals surface area contributed by atoms with Gasteiger partial charge in [-0.1, -0.05) is 13.8 Å². The third kappa shape index (κ3) is 2.49. The van der Waals surface area contributed by atoms with Gasteiger partial charge in [-0.15, -0.1) is 0 Å². The van der Waals surface area contributed by atoms with E-state index in [-0.39, 0.29) is 5.91 Å². The van der Waals surface area contributed by atoms with E-state index < -0.39 is 0 Å². The molecule has 0 saturated heterocycles. The molecule has 21 heavy (non-hydrogen) atoms. The molecule has 0 fully saturated rings. The van der Waals surface area contributed by atoms with Crippen molar-refractivity contribution in [3.05, 3.63) is 35.8 Å². The van der Waals surface area contributed by atoms with Crippen LogP contribution in [0.2, 0.25) is 0 Å². The first-order chi connectivity index (χ1) is 10.0. The molecule has 3 heterocycles. The van der Waals surface area contributed by atoms with E-state index in [9.17, 15) is 4.79 Å². The number of carbonyl (C=O) groups excluding carboxylic acids is 1.